The van der Waals surface area contributed by atoms with Crippen molar-refractivity contribution in [3.63, 3.8) is 0 Å². The minimum atomic E-state index is 0.611. The maximum absolute atomic E-state index is 4.39. The van der Waals surface area contributed by atoms with Gasteiger partial charge in [0.2, 0.25) is 0 Å². The number of allylic oxidation sites excluding steroid dienone is 3. The molecule has 1 aliphatic rings. The Balaban J connectivity index is 2.76. The lowest BCUT2D eigenvalue weighted by Gasteiger charge is -2.20. The average molecular weight is 206 g/mol. The lowest BCUT2D eigenvalue weighted by Crippen LogP contribution is -2.23. The molecule has 0 spiro atoms. The van der Waals surface area contributed by atoms with Crippen LogP contribution in [0.15, 0.2) is 27.9 Å². The van der Waals surface area contributed by atoms with Gasteiger partial charge in [-0.2, -0.15) is 0 Å². The second-order valence-electron chi connectivity index (χ2n) is 4.34. The van der Waals surface area contributed by atoms with E-state index in [1.165, 1.54) is 16.8 Å². The van der Waals surface area contributed by atoms with Crippen LogP contribution in [0.3, 0.4) is 0 Å². The largest absolute Gasteiger partial charge is 0.384 e. The number of dihydropyridines is 1. The molecule has 0 atom stereocenters. The number of rotatable bonds is 4. The van der Waals surface area contributed by atoms with Gasteiger partial charge >= 0.3 is 0 Å². The van der Waals surface area contributed by atoms with E-state index in [0.717, 1.165) is 19.5 Å². The predicted molar refractivity (Wildman–Crippen MR) is 67.3 cm³/mol. The second kappa shape index (κ2) is 5.74. The Kier molecular flexibility index (Phi) is 4.60. The molecule has 2 heteroatoms. The van der Waals surface area contributed by atoms with Gasteiger partial charge in [0, 0.05) is 30.6 Å². The number of nitrogens with one attached hydrogen (secondary N) is 1. The van der Waals surface area contributed by atoms with Gasteiger partial charge in [-0.3, -0.25) is 4.99 Å². The van der Waals surface area contributed by atoms with Crippen LogP contribution in [0.5, 0.6) is 0 Å². The highest BCUT2D eigenvalue weighted by molar-refractivity contribution is 5.84. The van der Waals surface area contributed by atoms with Crippen molar-refractivity contribution in [2.75, 3.05) is 13.1 Å². The molecule has 1 heterocycles. The monoisotopic (exact) mass is 206 g/mol. The van der Waals surface area contributed by atoms with Gasteiger partial charge in [0.1, 0.15) is 0 Å². The topological polar surface area (TPSA) is 24.4 Å². The molecular weight excluding hydrogens is 184 g/mol. The molecule has 1 rings (SSSR count). The zero-order valence-corrected chi connectivity index (χ0v) is 10.3. The first-order chi connectivity index (χ1) is 7.15. The van der Waals surface area contributed by atoms with Crippen molar-refractivity contribution in [1.29, 1.82) is 0 Å². The van der Waals surface area contributed by atoms with Crippen molar-refractivity contribution in [2.45, 2.75) is 34.1 Å². The zero-order valence-electron chi connectivity index (χ0n) is 10.3. The third kappa shape index (κ3) is 3.54. The van der Waals surface area contributed by atoms with Gasteiger partial charge in [0.15, 0.2) is 0 Å². The van der Waals surface area contributed by atoms with Crippen molar-refractivity contribution in [2.24, 2.45) is 10.9 Å². The summed E-state index contributed by atoms with van der Waals surface area (Å²) >= 11 is 0. The van der Waals surface area contributed by atoms with Crippen LogP contribution in [0.1, 0.15) is 34.1 Å². The number of hydrogen-bond acceptors (Lipinski definition) is 2. The van der Waals surface area contributed by atoms with E-state index in [4.69, 9.17) is 0 Å². The van der Waals surface area contributed by atoms with E-state index in [1.54, 1.807) is 0 Å². The summed E-state index contributed by atoms with van der Waals surface area (Å²) in [4.78, 5) is 4.39. The van der Waals surface area contributed by atoms with Crippen LogP contribution in [0.2, 0.25) is 0 Å². The molecule has 0 aromatic heterocycles. The first-order valence-electron chi connectivity index (χ1n) is 5.80. The molecule has 1 aliphatic heterocycles. The van der Waals surface area contributed by atoms with E-state index in [-0.39, 0.29) is 0 Å². The predicted octanol–water partition coefficient (Wildman–Crippen LogP) is 2.93. The fourth-order valence-corrected chi connectivity index (χ4v) is 1.49. The molecular formula is C13H22N2. The van der Waals surface area contributed by atoms with Gasteiger partial charge in [-0.05, 0) is 24.8 Å². The Morgan fingerprint density at radius 1 is 1.53 bits per heavy atom. The molecule has 0 aromatic carbocycles. The maximum atomic E-state index is 4.39. The summed E-state index contributed by atoms with van der Waals surface area (Å²) in [5.41, 5.74) is 3.93. The SMILES string of the molecule is CCCN=CC1=C(C)NCC(C(C)C)=C1. The fraction of sp³-hybridized carbons (Fsp3) is 0.615. The Labute approximate surface area is 93.2 Å². The molecule has 0 amide bonds. The summed E-state index contributed by atoms with van der Waals surface area (Å²) in [7, 11) is 0. The molecule has 1 N–H and O–H groups in total. The van der Waals surface area contributed by atoms with Crippen LogP contribution in [0, 0.1) is 5.92 Å². The lowest BCUT2D eigenvalue weighted by molar-refractivity contribution is 0.695. The molecule has 0 aliphatic carbocycles. The van der Waals surface area contributed by atoms with Gasteiger partial charge in [-0.15, -0.1) is 0 Å². The normalized spacial score (nSPS) is 17.3. The first-order valence-corrected chi connectivity index (χ1v) is 5.80. The quantitative estimate of drug-likeness (QED) is 0.703. The van der Waals surface area contributed by atoms with E-state index in [2.05, 4.69) is 44.1 Å². The lowest BCUT2D eigenvalue weighted by atomic mass is 9.97. The summed E-state index contributed by atoms with van der Waals surface area (Å²) in [6.45, 7) is 10.6. The van der Waals surface area contributed by atoms with Crippen LogP contribution < -0.4 is 5.32 Å². The summed E-state index contributed by atoms with van der Waals surface area (Å²) in [6.07, 6.45) is 5.38. The number of aliphatic imine (C=N–C) groups is 1. The minimum Gasteiger partial charge on any atom is -0.384 e. The molecule has 2 nitrogen and oxygen atoms in total. The molecule has 0 saturated heterocycles. The summed E-state index contributed by atoms with van der Waals surface area (Å²) in [5, 5.41) is 3.41. The second-order valence-corrected chi connectivity index (χ2v) is 4.34. The summed E-state index contributed by atoms with van der Waals surface area (Å²) in [6, 6.07) is 0. The van der Waals surface area contributed by atoms with E-state index in [1.807, 2.05) is 6.21 Å². The molecule has 0 radical (unpaired) electrons. The van der Waals surface area contributed by atoms with Gasteiger partial charge in [-0.1, -0.05) is 26.8 Å². The molecule has 0 unspecified atom stereocenters. The van der Waals surface area contributed by atoms with Crippen molar-refractivity contribution < 1.29 is 0 Å². The van der Waals surface area contributed by atoms with Crippen LogP contribution in [0.25, 0.3) is 0 Å². The van der Waals surface area contributed by atoms with E-state index in [0.29, 0.717) is 5.92 Å². The van der Waals surface area contributed by atoms with Crippen molar-refractivity contribution in [3.05, 3.63) is 22.9 Å². The van der Waals surface area contributed by atoms with Crippen molar-refractivity contribution in [1.82, 2.24) is 5.32 Å². The highest BCUT2D eigenvalue weighted by atomic mass is 14.9. The average Bonchev–Trinajstić information content (AvgIpc) is 2.20. The number of nitrogens with zero attached hydrogens (tertiary/aromatic N) is 1. The third-order valence-corrected chi connectivity index (χ3v) is 2.66. The fourth-order valence-electron chi connectivity index (χ4n) is 1.49. The van der Waals surface area contributed by atoms with Crippen LogP contribution in [0.4, 0.5) is 0 Å². The van der Waals surface area contributed by atoms with E-state index >= 15 is 0 Å². The molecule has 0 bridgehead atoms. The Morgan fingerprint density at radius 3 is 2.87 bits per heavy atom. The van der Waals surface area contributed by atoms with Crippen LogP contribution in [-0.2, 0) is 0 Å². The van der Waals surface area contributed by atoms with Crippen LogP contribution in [-0.4, -0.2) is 19.3 Å². The van der Waals surface area contributed by atoms with Crippen LogP contribution >= 0.6 is 0 Å². The standard InChI is InChI=1S/C13H22N2/c1-5-6-14-8-13-7-12(10(2)3)9-15-11(13)4/h7-8,10,15H,5-6,9H2,1-4H3. The van der Waals surface area contributed by atoms with Crippen molar-refractivity contribution >= 4 is 6.21 Å². The Bertz CT molecular complexity index is 296. The molecule has 0 fully saturated rings. The molecule has 84 valence electrons. The summed E-state index contributed by atoms with van der Waals surface area (Å²) in [5.74, 6) is 0.611. The summed E-state index contributed by atoms with van der Waals surface area (Å²) < 4.78 is 0. The number of hydrogen-bond donors (Lipinski definition) is 1. The minimum absolute atomic E-state index is 0.611. The van der Waals surface area contributed by atoms with Gasteiger partial charge in [-0.25, -0.2) is 0 Å². The Hall–Kier alpha value is -1.05. The van der Waals surface area contributed by atoms with Gasteiger partial charge in [0.05, 0.1) is 0 Å². The smallest absolute Gasteiger partial charge is 0.0386 e. The molecule has 0 aromatic rings. The molecule has 0 saturated carbocycles. The van der Waals surface area contributed by atoms with Gasteiger partial charge < -0.3 is 5.32 Å². The highest BCUT2D eigenvalue weighted by Gasteiger charge is 2.10. The third-order valence-electron chi connectivity index (χ3n) is 2.66. The Morgan fingerprint density at radius 2 is 2.27 bits per heavy atom. The van der Waals surface area contributed by atoms with E-state index in [9.17, 15) is 0 Å². The first kappa shape index (κ1) is 12.0. The molecule has 15 heavy (non-hydrogen) atoms. The van der Waals surface area contributed by atoms with Crippen molar-refractivity contribution in [3.8, 4) is 0 Å². The highest BCUT2D eigenvalue weighted by Crippen LogP contribution is 2.17. The maximum Gasteiger partial charge on any atom is 0.0386 e. The van der Waals surface area contributed by atoms with E-state index < -0.39 is 0 Å². The van der Waals surface area contributed by atoms with Gasteiger partial charge in [0.25, 0.3) is 0 Å². The zero-order chi connectivity index (χ0) is 11.3.